The molecule has 0 unspecified atom stereocenters. The molecule has 9 nitrogen and oxygen atoms in total. The SMILES string of the molecule is CC(C)c1ccc([C@](O)(c2cncc(-c3nc(C4CCN(C(=O)CO[Si](c5ccccc5)(c5ccccc5)C(C)(C)C)CC4)no3)c2)C2(C)CN(C)C2)cc1. The van der Waals surface area contributed by atoms with Crippen molar-refractivity contribution in [1.29, 1.82) is 0 Å². The van der Waals surface area contributed by atoms with Crippen LogP contribution < -0.4 is 10.4 Å². The smallest absolute Gasteiger partial charge is 0.261 e. The van der Waals surface area contributed by atoms with Crippen LogP contribution in [-0.2, 0) is 14.8 Å². The van der Waals surface area contributed by atoms with Gasteiger partial charge < -0.3 is 23.9 Å². The highest BCUT2D eigenvalue weighted by Gasteiger charge is 2.55. The number of pyridine rings is 1. The lowest BCUT2D eigenvalue weighted by molar-refractivity contribution is -0.134. The molecule has 2 saturated heterocycles. The monoisotopic (exact) mass is 757 g/mol. The first kappa shape index (κ1) is 38.8. The second-order valence-corrected chi connectivity index (χ2v) is 21.6. The molecular weight excluding hydrogens is 703 g/mol. The first-order valence-corrected chi connectivity index (χ1v) is 21.5. The average molecular weight is 758 g/mol. The molecule has 0 bridgehead atoms. The molecule has 55 heavy (non-hydrogen) atoms. The molecule has 1 N–H and O–H groups in total. The van der Waals surface area contributed by atoms with Crippen molar-refractivity contribution in [3.05, 3.63) is 126 Å². The molecule has 0 spiro atoms. The summed E-state index contributed by atoms with van der Waals surface area (Å²) in [6, 6.07) is 31.1. The summed E-state index contributed by atoms with van der Waals surface area (Å²) in [7, 11) is -0.756. The van der Waals surface area contributed by atoms with Gasteiger partial charge in [-0.1, -0.05) is 132 Å². The Morgan fingerprint density at radius 2 is 1.53 bits per heavy atom. The van der Waals surface area contributed by atoms with Gasteiger partial charge >= 0.3 is 0 Å². The van der Waals surface area contributed by atoms with E-state index in [0.29, 0.717) is 41.8 Å². The molecule has 10 heteroatoms. The van der Waals surface area contributed by atoms with Crippen molar-refractivity contribution in [2.24, 2.45) is 5.41 Å². The third-order valence-electron chi connectivity index (χ3n) is 12.0. The van der Waals surface area contributed by atoms with Crippen LogP contribution in [0, 0.1) is 5.41 Å². The first-order chi connectivity index (χ1) is 26.2. The topological polar surface area (TPSA) is 105 Å². The summed E-state index contributed by atoms with van der Waals surface area (Å²) in [6.45, 7) is 15.8. The zero-order valence-electron chi connectivity index (χ0n) is 33.3. The Labute approximate surface area is 326 Å². The molecule has 288 valence electrons. The number of likely N-dealkylation sites (tertiary alicyclic amines) is 2. The minimum Gasteiger partial charge on any atom is -0.398 e. The molecule has 3 aromatic carbocycles. The highest BCUT2D eigenvalue weighted by molar-refractivity contribution is 6.99. The van der Waals surface area contributed by atoms with Crippen molar-refractivity contribution in [2.75, 3.05) is 39.8 Å². The maximum Gasteiger partial charge on any atom is 0.261 e. The van der Waals surface area contributed by atoms with Gasteiger partial charge in [0.1, 0.15) is 12.2 Å². The van der Waals surface area contributed by atoms with Crippen molar-refractivity contribution in [2.45, 2.75) is 76.9 Å². The third-order valence-corrected chi connectivity index (χ3v) is 17.0. The third kappa shape index (κ3) is 7.21. The number of nitrogens with zero attached hydrogens (tertiary/aromatic N) is 5. The number of hydrogen-bond donors (Lipinski definition) is 1. The van der Waals surface area contributed by atoms with E-state index in [-0.39, 0.29) is 23.5 Å². The molecule has 2 aliphatic rings. The summed E-state index contributed by atoms with van der Waals surface area (Å²) in [4.78, 5) is 27.3. The molecule has 0 aliphatic carbocycles. The molecular formula is C45H55N5O4Si. The van der Waals surface area contributed by atoms with E-state index in [2.05, 4.69) is 136 Å². The minimum absolute atomic E-state index is 0.000752. The van der Waals surface area contributed by atoms with Gasteiger partial charge in [0.15, 0.2) is 5.82 Å². The summed E-state index contributed by atoms with van der Waals surface area (Å²) in [5.41, 5.74) is 1.74. The molecule has 7 rings (SSSR count). The van der Waals surface area contributed by atoms with Crippen LogP contribution in [0.3, 0.4) is 0 Å². The van der Waals surface area contributed by atoms with Gasteiger partial charge in [-0.3, -0.25) is 9.78 Å². The van der Waals surface area contributed by atoms with Crippen LogP contribution in [0.5, 0.6) is 0 Å². The lowest BCUT2D eigenvalue weighted by Gasteiger charge is -2.55. The van der Waals surface area contributed by atoms with Crippen molar-refractivity contribution in [3.63, 3.8) is 0 Å². The van der Waals surface area contributed by atoms with E-state index < -0.39 is 19.3 Å². The van der Waals surface area contributed by atoms with E-state index in [9.17, 15) is 9.90 Å². The van der Waals surface area contributed by atoms with E-state index in [1.165, 1.54) is 5.56 Å². The fraction of sp³-hybridized carbons (Fsp3) is 0.422. The Hall–Kier alpha value is -4.48. The van der Waals surface area contributed by atoms with E-state index in [0.717, 1.165) is 41.9 Å². The fourth-order valence-electron chi connectivity index (χ4n) is 9.03. The number of hydrogen-bond acceptors (Lipinski definition) is 8. The normalized spacial score (nSPS) is 17.9. The highest BCUT2D eigenvalue weighted by atomic mass is 28.4. The van der Waals surface area contributed by atoms with Crippen LogP contribution in [-0.4, -0.2) is 84.1 Å². The molecule has 0 radical (unpaired) electrons. The van der Waals surface area contributed by atoms with Gasteiger partial charge in [-0.05, 0) is 58.4 Å². The number of benzene rings is 3. The predicted octanol–water partition coefficient (Wildman–Crippen LogP) is 6.73. The van der Waals surface area contributed by atoms with Crippen LogP contribution in [0.4, 0.5) is 0 Å². The van der Waals surface area contributed by atoms with Crippen LogP contribution in [0.25, 0.3) is 11.5 Å². The number of carbonyl (C=O) groups excluding carboxylic acids is 1. The molecule has 2 aromatic heterocycles. The number of piperidine rings is 1. The fourth-order valence-corrected chi connectivity index (χ4v) is 13.5. The molecule has 2 aliphatic heterocycles. The maximum atomic E-state index is 13.8. The Bertz CT molecular complexity index is 2030. The molecule has 4 heterocycles. The Kier molecular flexibility index (Phi) is 10.7. The Balaban J connectivity index is 1.05. The van der Waals surface area contributed by atoms with E-state index in [4.69, 9.17) is 13.9 Å². The lowest BCUT2D eigenvalue weighted by atomic mass is 9.62. The van der Waals surface area contributed by atoms with E-state index >= 15 is 0 Å². The van der Waals surface area contributed by atoms with Crippen molar-refractivity contribution >= 4 is 24.6 Å². The summed E-state index contributed by atoms with van der Waals surface area (Å²) in [5.74, 6) is 1.45. The summed E-state index contributed by atoms with van der Waals surface area (Å²) in [5, 5.41) is 19.2. The van der Waals surface area contributed by atoms with Gasteiger partial charge in [0, 0.05) is 55.5 Å². The summed E-state index contributed by atoms with van der Waals surface area (Å²) >= 11 is 0. The second-order valence-electron chi connectivity index (χ2n) is 17.2. The van der Waals surface area contributed by atoms with Gasteiger partial charge in [0.25, 0.3) is 14.2 Å². The highest BCUT2D eigenvalue weighted by Crippen LogP contribution is 2.50. The number of amides is 1. The van der Waals surface area contributed by atoms with Gasteiger partial charge in [0.2, 0.25) is 5.91 Å². The Morgan fingerprint density at radius 3 is 2.07 bits per heavy atom. The molecule has 1 atom stereocenters. The van der Waals surface area contributed by atoms with E-state index in [1.807, 2.05) is 23.1 Å². The number of carbonyl (C=O) groups is 1. The van der Waals surface area contributed by atoms with Gasteiger partial charge in [-0.15, -0.1) is 0 Å². The first-order valence-electron chi connectivity index (χ1n) is 19.6. The van der Waals surface area contributed by atoms with Crippen molar-refractivity contribution in [1.82, 2.24) is 24.9 Å². The summed E-state index contributed by atoms with van der Waals surface area (Å²) in [6.07, 6.45) is 4.91. The second kappa shape index (κ2) is 15.2. The van der Waals surface area contributed by atoms with Crippen LogP contribution >= 0.6 is 0 Å². The average Bonchev–Trinajstić information content (AvgIpc) is 3.68. The van der Waals surface area contributed by atoms with Crippen LogP contribution in [0.15, 0.2) is 108 Å². The molecule has 5 aromatic rings. The zero-order chi connectivity index (χ0) is 39.0. The number of aromatic nitrogens is 3. The molecule has 0 saturated carbocycles. The van der Waals surface area contributed by atoms with Crippen LogP contribution in [0.2, 0.25) is 5.04 Å². The molecule has 1 amide bonds. The van der Waals surface area contributed by atoms with Crippen LogP contribution in [0.1, 0.15) is 88.7 Å². The minimum atomic E-state index is -2.83. The van der Waals surface area contributed by atoms with Gasteiger partial charge in [0.05, 0.1) is 5.56 Å². The van der Waals surface area contributed by atoms with Crippen molar-refractivity contribution in [3.8, 4) is 11.5 Å². The van der Waals surface area contributed by atoms with Gasteiger partial charge in [-0.2, -0.15) is 4.98 Å². The van der Waals surface area contributed by atoms with Crippen molar-refractivity contribution < 1.29 is 18.9 Å². The van der Waals surface area contributed by atoms with Gasteiger partial charge in [-0.25, -0.2) is 0 Å². The number of aliphatic hydroxyl groups is 1. The predicted molar refractivity (Wildman–Crippen MR) is 219 cm³/mol. The lowest BCUT2D eigenvalue weighted by Crippen LogP contribution is -2.67. The standard InChI is InChI=1S/C45H55N5O4Si/c1-32(2)33-18-20-36(21-19-33)45(52,44(6)30-49(7)31-44)37-26-35(27-46-28-37)42-47-41(48-54-42)34-22-24-50(25-23-34)40(51)29-53-55(43(3,4)5,38-14-10-8-11-15-38)39-16-12-9-13-17-39/h8-21,26-28,32,34,52H,22-25,29-31H2,1-7H3/t45-/m0/s1. The van der Waals surface area contributed by atoms with E-state index in [1.54, 1.807) is 12.4 Å². The quantitative estimate of drug-likeness (QED) is 0.148. The molecule has 2 fully saturated rings. The largest absolute Gasteiger partial charge is 0.398 e. The number of rotatable bonds is 11. The Morgan fingerprint density at radius 1 is 0.927 bits per heavy atom. The zero-order valence-corrected chi connectivity index (χ0v) is 34.3. The maximum absolute atomic E-state index is 13.8. The summed E-state index contributed by atoms with van der Waals surface area (Å²) < 4.78 is 12.8.